The van der Waals surface area contributed by atoms with Gasteiger partial charge in [-0.2, -0.15) is 0 Å². The summed E-state index contributed by atoms with van der Waals surface area (Å²) in [5, 5.41) is 10.9. The second kappa shape index (κ2) is 6.30. The lowest BCUT2D eigenvalue weighted by Gasteiger charge is -2.13. The molecule has 2 aromatic carbocycles. The van der Waals surface area contributed by atoms with Crippen molar-refractivity contribution in [2.75, 3.05) is 0 Å². The zero-order valence-electron chi connectivity index (χ0n) is 11.5. The van der Waals surface area contributed by atoms with Crippen molar-refractivity contribution >= 4 is 5.69 Å². The Kier molecular flexibility index (Phi) is 4.48. The summed E-state index contributed by atoms with van der Waals surface area (Å²) in [6.07, 6.45) is 1.51. The molecule has 20 heavy (non-hydrogen) atoms. The summed E-state index contributed by atoms with van der Waals surface area (Å²) >= 11 is 0. The highest BCUT2D eigenvalue weighted by Gasteiger charge is 2.14. The fourth-order valence-electron chi connectivity index (χ4n) is 2.32. The Hall–Kier alpha value is -2.20. The fourth-order valence-corrected chi connectivity index (χ4v) is 2.32. The van der Waals surface area contributed by atoms with Crippen LogP contribution in [0.5, 0.6) is 0 Å². The van der Waals surface area contributed by atoms with Crippen molar-refractivity contribution in [3.63, 3.8) is 0 Å². The van der Waals surface area contributed by atoms with Gasteiger partial charge in [0.15, 0.2) is 0 Å². The molecule has 0 amide bonds. The summed E-state index contributed by atoms with van der Waals surface area (Å²) in [6.45, 7) is 1.79. The molecule has 0 aliphatic carbocycles. The molecule has 0 heterocycles. The molecule has 0 aromatic heterocycles. The molecule has 0 bridgehead atoms. The van der Waals surface area contributed by atoms with Gasteiger partial charge in [0, 0.05) is 17.7 Å². The second-order valence-electron chi connectivity index (χ2n) is 4.87. The highest BCUT2D eigenvalue weighted by atomic mass is 16.6. The summed E-state index contributed by atoms with van der Waals surface area (Å²) in [6, 6.07) is 15.1. The van der Waals surface area contributed by atoms with Gasteiger partial charge in [0.2, 0.25) is 0 Å². The molecule has 0 saturated carbocycles. The first-order chi connectivity index (χ1) is 9.59. The lowest BCUT2D eigenvalue weighted by atomic mass is 9.97. The van der Waals surface area contributed by atoms with Gasteiger partial charge in [-0.25, -0.2) is 0 Å². The molecular weight excluding hydrogens is 252 g/mol. The van der Waals surface area contributed by atoms with Crippen LogP contribution in [0.2, 0.25) is 0 Å². The SMILES string of the molecule is Cc1c(CCC(N)c2ccccc2)cccc1[N+](=O)[O-]. The van der Waals surface area contributed by atoms with Crippen molar-refractivity contribution in [3.05, 3.63) is 75.3 Å². The number of hydrogen-bond acceptors (Lipinski definition) is 3. The number of nitro groups is 1. The number of nitrogens with two attached hydrogens (primary N) is 1. The lowest BCUT2D eigenvalue weighted by molar-refractivity contribution is -0.385. The Bertz CT molecular complexity index is 597. The van der Waals surface area contributed by atoms with Crippen LogP contribution in [-0.2, 0) is 6.42 Å². The van der Waals surface area contributed by atoms with Gasteiger partial charge >= 0.3 is 0 Å². The van der Waals surface area contributed by atoms with Crippen LogP contribution in [-0.4, -0.2) is 4.92 Å². The van der Waals surface area contributed by atoms with E-state index >= 15 is 0 Å². The highest BCUT2D eigenvalue weighted by Crippen LogP contribution is 2.24. The number of aryl methyl sites for hydroxylation is 1. The van der Waals surface area contributed by atoms with E-state index in [0.29, 0.717) is 0 Å². The van der Waals surface area contributed by atoms with Gasteiger partial charge in [-0.1, -0.05) is 42.5 Å². The molecular formula is C16H18N2O2. The molecule has 4 heteroatoms. The topological polar surface area (TPSA) is 69.2 Å². The van der Waals surface area contributed by atoms with E-state index in [1.165, 1.54) is 6.07 Å². The van der Waals surface area contributed by atoms with Crippen molar-refractivity contribution < 1.29 is 4.92 Å². The molecule has 0 saturated heterocycles. The van der Waals surface area contributed by atoms with Crippen molar-refractivity contribution in [2.24, 2.45) is 5.73 Å². The normalized spacial score (nSPS) is 12.1. The predicted molar refractivity (Wildman–Crippen MR) is 79.5 cm³/mol. The average Bonchev–Trinajstić information content (AvgIpc) is 2.46. The van der Waals surface area contributed by atoms with Gasteiger partial charge in [-0.3, -0.25) is 10.1 Å². The van der Waals surface area contributed by atoms with Crippen molar-refractivity contribution in [2.45, 2.75) is 25.8 Å². The monoisotopic (exact) mass is 270 g/mol. The van der Waals surface area contributed by atoms with E-state index in [9.17, 15) is 10.1 Å². The fraction of sp³-hybridized carbons (Fsp3) is 0.250. The molecule has 0 aliphatic rings. The summed E-state index contributed by atoms with van der Waals surface area (Å²) in [5.74, 6) is 0. The van der Waals surface area contributed by atoms with E-state index in [-0.39, 0.29) is 16.7 Å². The summed E-state index contributed by atoms with van der Waals surface area (Å²) < 4.78 is 0. The van der Waals surface area contributed by atoms with E-state index in [0.717, 1.165) is 29.5 Å². The molecule has 0 fully saturated rings. The van der Waals surface area contributed by atoms with Crippen LogP contribution in [0.3, 0.4) is 0 Å². The molecule has 4 nitrogen and oxygen atoms in total. The maximum Gasteiger partial charge on any atom is 0.272 e. The van der Waals surface area contributed by atoms with Crippen molar-refractivity contribution in [1.82, 2.24) is 0 Å². The zero-order chi connectivity index (χ0) is 14.5. The average molecular weight is 270 g/mol. The van der Waals surface area contributed by atoms with Crippen LogP contribution in [0.15, 0.2) is 48.5 Å². The van der Waals surface area contributed by atoms with E-state index < -0.39 is 0 Å². The van der Waals surface area contributed by atoms with Crippen molar-refractivity contribution in [1.29, 1.82) is 0 Å². The molecule has 2 N–H and O–H groups in total. The van der Waals surface area contributed by atoms with E-state index in [2.05, 4.69) is 0 Å². The standard InChI is InChI=1S/C16H18N2O2/c1-12-13(8-5-9-16(12)18(19)20)10-11-15(17)14-6-3-2-4-7-14/h2-9,15H,10-11,17H2,1H3. The third-order valence-electron chi connectivity index (χ3n) is 3.57. The van der Waals surface area contributed by atoms with Gasteiger partial charge < -0.3 is 5.73 Å². The molecule has 0 radical (unpaired) electrons. The van der Waals surface area contributed by atoms with E-state index in [1.54, 1.807) is 13.0 Å². The van der Waals surface area contributed by atoms with Crippen molar-refractivity contribution in [3.8, 4) is 0 Å². The van der Waals surface area contributed by atoms with Crippen LogP contribution in [0, 0.1) is 17.0 Å². The Morgan fingerprint density at radius 1 is 1.15 bits per heavy atom. The largest absolute Gasteiger partial charge is 0.324 e. The predicted octanol–water partition coefficient (Wildman–Crippen LogP) is 3.54. The molecule has 0 aliphatic heterocycles. The summed E-state index contributed by atoms with van der Waals surface area (Å²) in [7, 11) is 0. The van der Waals surface area contributed by atoms with E-state index in [1.807, 2.05) is 36.4 Å². The summed E-state index contributed by atoms with van der Waals surface area (Å²) in [5.41, 5.74) is 9.15. The van der Waals surface area contributed by atoms with E-state index in [4.69, 9.17) is 5.73 Å². The second-order valence-corrected chi connectivity index (χ2v) is 4.87. The van der Waals surface area contributed by atoms with Gasteiger partial charge in [0.25, 0.3) is 5.69 Å². The first-order valence-electron chi connectivity index (χ1n) is 6.63. The zero-order valence-corrected chi connectivity index (χ0v) is 11.5. The Labute approximate surface area is 118 Å². The highest BCUT2D eigenvalue weighted by molar-refractivity contribution is 5.44. The maximum absolute atomic E-state index is 10.9. The number of nitrogens with zero attached hydrogens (tertiary/aromatic N) is 1. The quantitative estimate of drug-likeness (QED) is 0.667. The smallest absolute Gasteiger partial charge is 0.272 e. The third kappa shape index (κ3) is 3.22. The minimum Gasteiger partial charge on any atom is -0.324 e. The maximum atomic E-state index is 10.9. The van der Waals surface area contributed by atoms with Crippen LogP contribution >= 0.6 is 0 Å². The molecule has 1 atom stereocenters. The molecule has 1 unspecified atom stereocenters. The number of benzene rings is 2. The molecule has 104 valence electrons. The molecule has 2 rings (SSSR count). The molecule has 2 aromatic rings. The van der Waals surface area contributed by atoms with Crippen LogP contribution < -0.4 is 5.73 Å². The van der Waals surface area contributed by atoms with Gasteiger partial charge in [0.1, 0.15) is 0 Å². The molecule has 0 spiro atoms. The number of hydrogen-bond donors (Lipinski definition) is 1. The number of rotatable bonds is 5. The van der Waals surface area contributed by atoms with Gasteiger partial charge in [-0.05, 0) is 30.9 Å². The first-order valence-corrected chi connectivity index (χ1v) is 6.63. The lowest BCUT2D eigenvalue weighted by Crippen LogP contribution is -2.11. The first kappa shape index (κ1) is 14.2. The van der Waals surface area contributed by atoms with Gasteiger partial charge in [-0.15, -0.1) is 0 Å². The van der Waals surface area contributed by atoms with Gasteiger partial charge in [0.05, 0.1) is 4.92 Å². The minimum absolute atomic E-state index is 0.0464. The van der Waals surface area contributed by atoms with Crippen LogP contribution in [0.25, 0.3) is 0 Å². The third-order valence-corrected chi connectivity index (χ3v) is 3.57. The van der Waals surface area contributed by atoms with Crippen LogP contribution in [0.4, 0.5) is 5.69 Å². The summed E-state index contributed by atoms with van der Waals surface area (Å²) in [4.78, 5) is 10.6. The minimum atomic E-state index is -0.337. The Balaban J connectivity index is 2.08. The Morgan fingerprint density at radius 3 is 2.50 bits per heavy atom. The number of nitro benzene ring substituents is 1. The van der Waals surface area contributed by atoms with Crippen LogP contribution in [0.1, 0.15) is 29.2 Å². The Morgan fingerprint density at radius 2 is 1.85 bits per heavy atom.